The predicted molar refractivity (Wildman–Crippen MR) is 86.4 cm³/mol. The predicted octanol–water partition coefficient (Wildman–Crippen LogP) is 2.48. The molecule has 2 amide bonds. The first-order valence-corrected chi connectivity index (χ1v) is 7.97. The number of benzene rings is 1. The van der Waals surface area contributed by atoms with Gasteiger partial charge in [-0.1, -0.05) is 12.1 Å². The minimum absolute atomic E-state index is 0.134. The van der Waals surface area contributed by atoms with Crippen LogP contribution in [-0.2, 0) is 11.3 Å². The molecule has 0 bridgehead atoms. The maximum absolute atomic E-state index is 12.1. The van der Waals surface area contributed by atoms with Crippen molar-refractivity contribution in [3.63, 3.8) is 0 Å². The van der Waals surface area contributed by atoms with Crippen LogP contribution in [0.1, 0.15) is 32.3 Å². The number of carbonyl (C=O) groups excluding carboxylic acids is 1. The molecule has 0 unspecified atom stereocenters. The monoisotopic (exact) mass is 320 g/mol. The lowest BCUT2D eigenvalue weighted by Crippen LogP contribution is -2.45. The summed E-state index contributed by atoms with van der Waals surface area (Å²) in [6.45, 7) is 5.37. The van der Waals surface area contributed by atoms with Gasteiger partial charge in [0.2, 0.25) is 0 Å². The molecule has 6 nitrogen and oxygen atoms in total. The van der Waals surface area contributed by atoms with Crippen molar-refractivity contribution in [2.24, 2.45) is 5.92 Å². The smallest absolute Gasteiger partial charge is 0.317 e. The van der Waals surface area contributed by atoms with Crippen molar-refractivity contribution in [3.8, 4) is 5.75 Å². The summed E-state index contributed by atoms with van der Waals surface area (Å²) in [4.78, 5) is 24.7. The summed E-state index contributed by atoms with van der Waals surface area (Å²) in [7, 11) is 0. The Morgan fingerprint density at radius 3 is 2.39 bits per heavy atom. The molecule has 0 saturated carbocycles. The van der Waals surface area contributed by atoms with E-state index in [1.807, 2.05) is 38.1 Å². The Morgan fingerprint density at radius 1 is 1.26 bits per heavy atom. The first-order valence-electron chi connectivity index (χ1n) is 7.97. The summed E-state index contributed by atoms with van der Waals surface area (Å²) in [6.07, 6.45) is 1.17. The molecule has 1 fully saturated rings. The van der Waals surface area contributed by atoms with Crippen LogP contribution < -0.4 is 10.1 Å². The molecule has 1 heterocycles. The number of hydrogen-bond donors (Lipinski definition) is 2. The van der Waals surface area contributed by atoms with Gasteiger partial charge in [-0.2, -0.15) is 0 Å². The van der Waals surface area contributed by atoms with E-state index >= 15 is 0 Å². The lowest BCUT2D eigenvalue weighted by Gasteiger charge is -2.30. The van der Waals surface area contributed by atoms with Crippen molar-refractivity contribution >= 4 is 12.0 Å². The lowest BCUT2D eigenvalue weighted by atomic mass is 9.97. The van der Waals surface area contributed by atoms with E-state index in [2.05, 4.69) is 5.32 Å². The summed E-state index contributed by atoms with van der Waals surface area (Å²) < 4.78 is 5.58. The third-order valence-corrected chi connectivity index (χ3v) is 3.87. The molecule has 126 valence electrons. The average Bonchev–Trinajstić information content (AvgIpc) is 2.53. The molecular formula is C17H24N2O4. The molecule has 23 heavy (non-hydrogen) atoms. The molecule has 0 radical (unpaired) electrons. The van der Waals surface area contributed by atoms with E-state index < -0.39 is 5.97 Å². The van der Waals surface area contributed by atoms with Gasteiger partial charge in [0.15, 0.2) is 0 Å². The fraction of sp³-hybridized carbons (Fsp3) is 0.529. The highest BCUT2D eigenvalue weighted by molar-refractivity contribution is 5.75. The number of hydrogen-bond acceptors (Lipinski definition) is 3. The number of amides is 2. The Morgan fingerprint density at radius 2 is 1.87 bits per heavy atom. The van der Waals surface area contributed by atoms with E-state index in [0.717, 1.165) is 11.3 Å². The number of carboxylic acids is 1. The van der Waals surface area contributed by atoms with Crippen molar-refractivity contribution in [2.75, 3.05) is 13.1 Å². The molecule has 1 aromatic rings. The number of rotatable bonds is 5. The maximum Gasteiger partial charge on any atom is 0.317 e. The van der Waals surface area contributed by atoms with E-state index in [4.69, 9.17) is 9.84 Å². The third-order valence-electron chi connectivity index (χ3n) is 3.87. The minimum atomic E-state index is -0.770. The highest BCUT2D eigenvalue weighted by Gasteiger charge is 2.26. The van der Waals surface area contributed by atoms with Crippen LogP contribution in [0.2, 0.25) is 0 Å². The van der Waals surface area contributed by atoms with Crippen molar-refractivity contribution in [3.05, 3.63) is 29.8 Å². The number of carbonyl (C=O) groups is 2. The van der Waals surface area contributed by atoms with Crippen molar-refractivity contribution in [1.29, 1.82) is 0 Å². The summed E-state index contributed by atoms with van der Waals surface area (Å²) in [5.74, 6) is -0.285. The molecule has 1 saturated heterocycles. The second-order valence-corrected chi connectivity index (χ2v) is 6.07. The topological polar surface area (TPSA) is 78.9 Å². The molecule has 0 atom stereocenters. The largest absolute Gasteiger partial charge is 0.491 e. The highest BCUT2D eigenvalue weighted by atomic mass is 16.5. The summed E-state index contributed by atoms with van der Waals surface area (Å²) >= 11 is 0. The molecule has 2 N–H and O–H groups in total. The zero-order chi connectivity index (χ0) is 16.8. The van der Waals surface area contributed by atoms with Crippen LogP contribution in [0, 0.1) is 5.92 Å². The fourth-order valence-electron chi connectivity index (χ4n) is 2.58. The molecular weight excluding hydrogens is 296 g/mol. The van der Waals surface area contributed by atoms with Crippen molar-refractivity contribution in [2.45, 2.75) is 39.3 Å². The van der Waals surface area contributed by atoms with Gasteiger partial charge < -0.3 is 20.1 Å². The fourth-order valence-corrected chi connectivity index (χ4v) is 2.58. The first-order chi connectivity index (χ1) is 11.0. The first kappa shape index (κ1) is 17.1. The van der Waals surface area contributed by atoms with Gasteiger partial charge in [-0.05, 0) is 44.4 Å². The van der Waals surface area contributed by atoms with E-state index in [1.54, 1.807) is 4.90 Å². The van der Waals surface area contributed by atoms with Crippen LogP contribution in [0.15, 0.2) is 24.3 Å². The molecule has 1 aromatic carbocycles. The second-order valence-electron chi connectivity index (χ2n) is 6.07. The van der Waals surface area contributed by atoms with Gasteiger partial charge in [-0.15, -0.1) is 0 Å². The van der Waals surface area contributed by atoms with Gasteiger partial charge >= 0.3 is 12.0 Å². The normalized spacial score (nSPS) is 15.5. The zero-order valence-electron chi connectivity index (χ0n) is 13.6. The SMILES string of the molecule is CC(C)Oc1ccc(CNC(=O)N2CCC(C(=O)O)CC2)cc1. The molecule has 1 aliphatic heterocycles. The Hall–Kier alpha value is -2.24. The van der Waals surface area contributed by atoms with E-state index in [1.165, 1.54) is 0 Å². The lowest BCUT2D eigenvalue weighted by molar-refractivity contribution is -0.143. The Bertz CT molecular complexity index is 534. The number of likely N-dealkylation sites (tertiary alicyclic amines) is 1. The van der Waals surface area contributed by atoms with Gasteiger partial charge in [0.05, 0.1) is 12.0 Å². The number of aliphatic carboxylic acids is 1. The van der Waals surface area contributed by atoms with Crippen LogP contribution in [0.25, 0.3) is 0 Å². The average molecular weight is 320 g/mol. The molecule has 0 spiro atoms. The van der Waals surface area contributed by atoms with Crippen LogP contribution >= 0.6 is 0 Å². The minimum Gasteiger partial charge on any atom is -0.491 e. The standard InChI is InChI=1S/C17H24N2O4/c1-12(2)23-15-5-3-13(4-6-15)11-18-17(22)19-9-7-14(8-10-19)16(20)21/h3-6,12,14H,7-11H2,1-2H3,(H,18,22)(H,20,21). The summed E-state index contributed by atoms with van der Waals surface area (Å²) in [5.41, 5.74) is 0.995. The summed E-state index contributed by atoms with van der Waals surface area (Å²) in [5, 5.41) is 11.8. The Labute approximate surface area is 136 Å². The third kappa shape index (κ3) is 5.16. The highest BCUT2D eigenvalue weighted by Crippen LogP contribution is 2.17. The van der Waals surface area contributed by atoms with Crippen LogP contribution in [0.5, 0.6) is 5.75 Å². The van der Waals surface area contributed by atoms with Gasteiger partial charge in [0.25, 0.3) is 0 Å². The van der Waals surface area contributed by atoms with Gasteiger partial charge in [0.1, 0.15) is 5.75 Å². The van der Waals surface area contributed by atoms with Crippen LogP contribution in [0.4, 0.5) is 4.79 Å². The molecule has 0 aliphatic carbocycles. The molecule has 0 aromatic heterocycles. The van der Waals surface area contributed by atoms with Gasteiger partial charge in [0, 0.05) is 19.6 Å². The van der Waals surface area contributed by atoms with E-state index in [0.29, 0.717) is 32.5 Å². The number of piperidine rings is 1. The van der Waals surface area contributed by atoms with Crippen molar-refractivity contribution in [1.82, 2.24) is 10.2 Å². The number of ether oxygens (including phenoxy) is 1. The zero-order valence-corrected chi connectivity index (χ0v) is 13.6. The number of nitrogens with one attached hydrogen (secondary N) is 1. The number of urea groups is 1. The van der Waals surface area contributed by atoms with Crippen molar-refractivity contribution < 1.29 is 19.4 Å². The molecule has 2 rings (SSSR count). The maximum atomic E-state index is 12.1. The second kappa shape index (κ2) is 7.85. The van der Waals surface area contributed by atoms with Crippen LogP contribution in [-0.4, -0.2) is 41.2 Å². The Balaban J connectivity index is 1.77. The number of nitrogens with zero attached hydrogens (tertiary/aromatic N) is 1. The Kier molecular flexibility index (Phi) is 5.84. The molecule has 1 aliphatic rings. The summed E-state index contributed by atoms with van der Waals surface area (Å²) in [6, 6.07) is 7.49. The molecule has 6 heteroatoms. The van der Waals surface area contributed by atoms with Gasteiger partial charge in [-0.3, -0.25) is 4.79 Å². The van der Waals surface area contributed by atoms with Gasteiger partial charge in [-0.25, -0.2) is 4.79 Å². The van der Waals surface area contributed by atoms with E-state index in [-0.39, 0.29) is 18.1 Å². The van der Waals surface area contributed by atoms with Crippen LogP contribution in [0.3, 0.4) is 0 Å². The number of carboxylic acid groups (broad SMARTS) is 1. The van der Waals surface area contributed by atoms with E-state index in [9.17, 15) is 9.59 Å². The quantitative estimate of drug-likeness (QED) is 0.873.